The second-order valence-corrected chi connectivity index (χ2v) is 10.5. The van der Waals surface area contributed by atoms with E-state index in [2.05, 4.69) is 10.2 Å². The molecule has 4 rings (SSSR count). The zero-order valence-electron chi connectivity index (χ0n) is 17.0. The number of β-lactam (4-membered cyclic amide) rings is 1. The lowest BCUT2D eigenvalue weighted by atomic mass is 9.89. The second-order valence-electron chi connectivity index (χ2n) is 7.53. The molecule has 4 heterocycles. The van der Waals surface area contributed by atoms with Crippen LogP contribution in [0.25, 0.3) is 0 Å². The minimum absolute atomic E-state index is 0.0180. The third-order valence-corrected chi connectivity index (χ3v) is 9.21. The number of thioether (sulfide) groups is 2. The first-order valence-electron chi connectivity index (χ1n) is 9.43. The first-order chi connectivity index (χ1) is 15.2. The number of amides is 2. The van der Waals surface area contributed by atoms with E-state index in [4.69, 9.17) is 0 Å². The standard InChI is InChI=1S/C18H19N5O6S3/c1-9(24)23(10-4-3-5-30-10)11-13(26)22-6-18(16(28)29,7-31-15(11)22)8-32-17-20-19-12(25)14(27)21(17)2/h3-5,11,15H,6-8H2,1-2H3,(H,19,25)(H,28,29)/t11?,15-,18?/m1/s1. The number of H-pyrrole nitrogens is 1. The van der Waals surface area contributed by atoms with Gasteiger partial charge in [-0.3, -0.25) is 33.4 Å². The van der Waals surface area contributed by atoms with Crippen LogP contribution in [0.4, 0.5) is 5.00 Å². The van der Waals surface area contributed by atoms with Crippen LogP contribution in [-0.4, -0.2) is 72.0 Å². The van der Waals surface area contributed by atoms with Crippen LogP contribution in [0, 0.1) is 5.41 Å². The fourth-order valence-electron chi connectivity index (χ4n) is 3.68. The summed E-state index contributed by atoms with van der Waals surface area (Å²) in [6.07, 6.45) is 0. The molecule has 0 aliphatic carbocycles. The van der Waals surface area contributed by atoms with E-state index in [1.807, 2.05) is 5.38 Å². The predicted molar refractivity (Wildman–Crippen MR) is 120 cm³/mol. The molecule has 11 nitrogen and oxygen atoms in total. The molecule has 32 heavy (non-hydrogen) atoms. The van der Waals surface area contributed by atoms with Gasteiger partial charge in [0, 0.05) is 32.0 Å². The van der Waals surface area contributed by atoms with E-state index in [-0.39, 0.29) is 40.4 Å². The van der Waals surface area contributed by atoms with Crippen molar-refractivity contribution in [2.75, 3.05) is 23.0 Å². The van der Waals surface area contributed by atoms with Gasteiger partial charge >= 0.3 is 17.1 Å². The molecule has 2 aromatic heterocycles. The summed E-state index contributed by atoms with van der Waals surface area (Å²) in [4.78, 5) is 63.6. The molecule has 2 amide bonds. The van der Waals surface area contributed by atoms with Crippen molar-refractivity contribution < 1.29 is 19.5 Å². The van der Waals surface area contributed by atoms with Crippen LogP contribution in [0.3, 0.4) is 0 Å². The molecule has 0 bridgehead atoms. The van der Waals surface area contributed by atoms with Gasteiger partial charge in [-0.05, 0) is 17.5 Å². The zero-order chi connectivity index (χ0) is 23.2. The lowest BCUT2D eigenvalue weighted by Gasteiger charge is -2.55. The van der Waals surface area contributed by atoms with Gasteiger partial charge in [-0.1, -0.05) is 11.8 Å². The van der Waals surface area contributed by atoms with Gasteiger partial charge in [0.15, 0.2) is 5.16 Å². The van der Waals surface area contributed by atoms with Crippen molar-refractivity contribution in [1.82, 2.24) is 19.7 Å². The molecule has 2 fully saturated rings. The van der Waals surface area contributed by atoms with E-state index >= 15 is 0 Å². The Hall–Kier alpha value is -2.58. The monoisotopic (exact) mass is 497 g/mol. The number of carbonyl (C=O) groups excluding carboxylic acids is 2. The lowest BCUT2D eigenvalue weighted by molar-refractivity contribution is -0.156. The van der Waals surface area contributed by atoms with E-state index in [0.29, 0.717) is 5.00 Å². The highest BCUT2D eigenvalue weighted by Crippen LogP contribution is 2.46. The minimum Gasteiger partial charge on any atom is -0.481 e. The molecule has 2 saturated heterocycles. The van der Waals surface area contributed by atoms with Crippen molar-refractivity contribution in [3.05, 3.63) is 38.2 Å². The van der Waals surface area contributed by atoms with Crippen molar-refractivity contribution in [1.29, 1.82) is 0 Å². The Morgan fingerprint density at radius 1 is 1.41 bits per heavy atom. The molecule has 2 N–H and O–H groups in total. The summed E-state index contributed by atoms with van der Waals surface area (Å²) in [6.45, 7) is 1.39. The Morgan fingerprint density at radius 2 is 2.16 bits per heavy atom. The van der Waals surface area contributed by atoms with Crippen LogP contribution in [0.2, 0.25) is 0 Å². The summed E-state index contributed by atoms with van der Waals surface area (Å²) in [7, 11) is 1.39. The van der Waals surface area contributed by atoms with Crippen LogP contribution in [0.15, 0.2) is 32.3 Å². The highest BCUT2D eigenvalue weighted by atomic mass is 32.2. The number of hydrogen-bond donors (Lipinski definition) is 2. The van der Waals surface area contributed by atoms with Gasteiger partial charge in [-0.25, -0.2) is 5.10 Å². The van der Waals surface area contributed by atoms with Crippen molar-refractivity contribution in [2.45, 2.75) is 23.5 Å². The van der Waals surface area contributed by atoms with Crippen LogP contribution in [-0.2, 0) is 21.4 Å². The average Bonchev–Trinajstić information content (AvgIpc) is 3.29. The highest BCUT2D eigenvalue weighted by Gasteiger charge is 2.59. The molecule has 0 radical (unpaired) electrons. The van der Waals surface area contributed by atoms with Crippen molar-refractivity contribution >= 4 is 57.6 Å². The van der Waals surface area contributed by atoms with Crippen molar-refractivity contribution in [3.8, 4) is 0 Å². The van der Waals surface area contributed by atoms with Gasteiger partial charge in [0.2, 0.25) is 11.8 Å². The summed E-state index contributed by atoms with van der Waals surface area (Å²) in [5.41, 5.74) is -2.92. The number of carboxylic acids is 1. The Kier molecular flexibility index (Phi) is 5.94. The topological polar surface area (TPSA) is 146 Å². The van der Waals surface area contributed by atoms with E-state index < -0.39 is 28.5 Å². The fourth-order valence-corrected chi connectivity index (χ4v) is 7.31. The SMILES string of the molecule is CC(=O)N(c1cccs1)C1C(=O)N2CC(CSc3n[nH]c(=O)c(=O)n3C)(C(=O)O)CS[C@H]12. The van der Waals surface area contributed by atoms with Crippen molar-refractivity contribution in [3.63, 3.8) is 0 Å². The van der Waals surface area contributed by atoms with Crippen LogP contribution < -0.4 is 16.0 Å². The third-order valence-electron chi connectivity index (χ3n) is 5.45. The number of aliphatic carboxylic acids is 1. The van der Waals surface area contributed by atoms with Crippen LogP contribution in [0.5, 0.6) is 0 Å². The maximum Gasteiger partial charge on any atom is 0.330 e. The molecule has 14 heteroatoms. The number of nitrogens with one attached hydrogen (secondary N) is 1. The first kappa shape index (κ1) is 22.6. The summed E-state index contributed by atoms with van der Waals surface area (Å²) < 4.78 is 1.06. The highest BCUT2D eigenvalue weighted by molar-refractivity contribution is 8.00. The van der Waals surface area contributed by atoms with Gasteiger partial charge in [0.1, 0.15) is 16.8 Å². The van der Waals surface area contributed by atoms with Gasteiger partial charge in [0.25, 0.3) is 0 Å². The first-order valence-corrected chi connectivity index (χ1v) is 12.3. The molecule has 2 aromatic rings. The number of hydrogen-bond acceptors (Lipinski definition) is 9. The normalized spacial score (nSPS) is 24.6. The fraction of sp³-hybridized carbons (Fsp3) is 0.444. The van der Waals surface area contributed by atoms with E-state index in [0.717, 1.165) is 16.3 Å². The number of rotatable bonds is 6. The zero-order valence-corrected chi connectivity index (χ0v) is 19.5. The lowest BCUT2D eigenvalue weighted by Crippen LogP contribution is -2.74. The average molecular weight is 498 g/mol. The van der Waals surface area contributed by atoms with Gasteiger partial charge in [-0.2, -0.15) is 0 Å². The van der Waals surface area contributed by atoms with Crippen LogP contribution in [0.1, 0.15) is 6.92 Å². The van der Waals surface area contributed by atoms with E-state index in [1.165, 1.54) is 46.9 Å². The number of aromatic nitrogens is 3. The number of aromatic amines is 1. The summed E-state index contributed by atoms with van der Waals surface area (Å²) in [5.74, 6) is -1.35. The molecule has 3 atom stereocenters. The predicted octanol–water partition coefficient (Wildman–Crippen LogP) is 0.0300. The molecular weight excluding hydrogens is 478 g/mol. The molecule has 0 saturated carbocycles. The molecule has 2 aliphatic heterocycles. The smallest absolute Gasteiger partial charge is 0.330 e. The molecule has 2 aliphatic rings. The molecule has 0 aromatic carbocycles. The Balaban J connectivity index is 1.53. The van der Waals surface area contributed by atoms with Gasteiger partial charge < -0.3 is 10.0 Å². The van der Waals surface area contributed by atoms with E-state index in [9.17, 15) is 29.1 Å². The number of carboxylic acid groups (broad SMARTS) is 1. The summed E-state index contributed by atoms with van der Waals surface area (Å²) in [6, 6.07) is 2.91. The maximum atomic E-state index is 13.0. The Morgan fingerprint density at radius 3 is 2.78 bits per heavy atom. The maximum absolute atomic E-state index is 13.0. The number of anilines is 1. The minimum atomic E-state index is -1.27. The molecule has 170 valence electrons. The number of thiophene rings is 1. The van der Waals surface area contributed by atoms with Gasteiger partial charge in [0.05, 0.1) is 5.00 Å². The number of fused-ring (bicyclic) bond motifs is 1. The Labute approximate surface area is 193 Å². The van der Waals surface area contributed by atoms with Gasteiger partial charge in [-0.15, -0.1) is 28.2 Å². The largest absolute Gasteiger partial charge is 0.481 e. The summed E-state index contributed by atoms with van der Waals surface area (Å²) >= 11 is 3.71. The quantitative estimate of drug-likeness (QED) is 0.321. The molecule has 0 spiro atoms. The third kappa shape index (κ3) is 3.65. The van der Waals surface area contributed by atoms with Crippen molar-refractivity contribution in [2.24, 2.45) is 12.5 Å². The number of nitrogens with zero attached hydrogens (tertiary/aromatic N) is 4. The summed E-state index contributed by atoms with van der Waals surface area (Å²) in [5, 5.41) is 18.3. The van der Waals surface area contributed by atoms with Crippen LogP contribution >= 0.6 is 34.9 Å². The second kappa shape index (κ2) is 8.41. The molecule has 2 unspecified atom stereocenters. The Bertz CT molecular complexity index is 1190. The number of carbonyl (C=O) groups is 3. The van der Waals surface area contributed by atoms with E-state index in [1.54, 1.807) is 12.1 Å². The molecular formula is C18H19N5O6S3.